The Kier molecular flexibility index (Phi) is 6.43. The van der Waals surface area contributed by atoms with Crippen LogP contribution in [0.25, 0.3) is 28.0 Å². The van der Waals surface area contributed by atoms with Crippen LogP contribution in [0.4, 0.5) is 0 Å². The van der Waals surface area contributed by atoms with E-state index in [1.165, 1.54) is 16.8 Å². The first kappa shape index (κ1) is 22.3. The lowest BCUT2D eigenvalue weighted by molar-refractivity contribution is -0.118. The van der Waals surface area contributed by atoms with Gasteiger partial charge in [0.25, 0.3) is 0 Å². The van der Waals surface area contributed by atoms with E-state index in [0.29, 0.717) is 6.54 Å². The maximum Gasteiger partial charge on any atom is 0.143 e. The zero-order valence-electron chi connectivity index (χ0n) is 19.8. The maximum absolute atomic E-state index is 11.5. The molecule has 1 saturated heterocycles. The first-order chi connectivity index (χ1) is 16.6. The van der Waals surface area contributed by atoms with Crippen molar-refractivity contribution in [2.24, 2.45) is 0 Å². The Morgan fingerprint density at radius 1 is 0.853 bits per heavy atom. The summed E-state index contributed by atoms with van der Waals surface area (Å²) in [6.45, 7) is 6.68. The van der Waals surface area contributed by atoms with Crippen molar-refractivity contribution in [1.82, 2.24) is 19.2 Å². The number of aromatic nitrogens is 2. The summed E-state index contributed by atoms with van der Waals surface area (Å²) in [6, 6.07) is 22.8. The van der Waals surface area contributed by atoms with Crippen molar-refractivity contribution >= 4 is 11.4 Å². The lowest BCUT2D eigenvalue weighted by Crippen LogP contribution is -2.47. The topological polar surface area (TPSA) is 50.1 Å². The molecule has 2 aromatic carbocycles. The number of hydrogen-bond donors (Lipinski definition) is 0. The molecule has 2 aromatic heterocycles. The molecule has 0 bridgehead atoms. The van der Waals surface area contributed by atoms with Crippen LogP contribution in [0.5, 0.6) is 5.75 Å². The molecule has 0 atom stereocenters. The Balaban J connectivity index is 1.51. The predicted molar refractivity (Wildman–Crippen MR) is 135 cm³/mol. The summed E-state index contributed by atoms with van der Waals surface area (Å²) in [7, 11) is 1.68. The Hall–Kier alpha value is -3.48. The van der Waals surface area contributed by atoms with Crippen molar-refractivity contribution in [1.29, 1.82) is 0 Å². The van der Waals surface area contributed by atoms with Crippen LogP contribution in [0.2, 0.25) is 0 Å². The van der Waals surface area contributed by atoms with Crippen LogP contribution < -0.4 is 4.74 Å². The van der Waals surface area contributed by atoms with E-state index >= 15 is 0 Å². The van der Waals surface area contributed by atoms with Crippen LogP contribution >= 0.6 is 0 Å². The van der Waals surface area contributed by atoms with Gasteiger partial charge in [-0.1, -0.05) is 30.3 Å². The minimum Gasteiger partial charge on any atom is -0.497 e. The van der Waals surface area contributed by atoms with Gasteiger partial charge in [0, 0.05) is 44.5 Å². The van der Waals surface area contributed by atoms with Crippen LogP contribution in [0, 0.1) is 0 Å². The first-order valence-electron chi connectivity index (χ1n) is 11.8. The van der Waals surface area contributed by atoms with Crippen LogP contribution in [0.1, 0.15) is 12.6 Å². The highest BCUT2D eigenvalue weighted by Crippen LogP contribution is 2.29. The Labute approximate surface area is 200 Å². The SMILES string of the molecule is COc1ccc(-c2nc3ccc(-c4ccccc4)cn3c2CN2CCN(CC(C)=O)CC2)cc1. The molecule has 1 fully saturated rings. The number of piperazine rings is 1. The lowest BCUT2D eigenvalue weighted by atomic mass is 10.1. The largest absolute Gasteiger partial charge is 0.497 e. The number of nitrogens with zero attached hydrogens (tertiary/aromatic N) is 4. The molecule has 0 N–H and O–H groups in total. The fourth-order valence-corrected chi connectivity index (χ4v) is 4.66. The second-order valence-electron chi connectivity index (χ2n) is 8.90. The van der Waals surface area contributed by atoms with Crippen molar-refractivity contribution in [3.05, 3.63) is 78.6 Å². The van der Waals surface area contributed by atoms with Gasteiger partial charge in [-0.2, -0.15) is 0 Å². The van der Waals surface area contributed by atoms with Gasteiger partial charge in [-0.3, -0.25) is 14.6 Å². The number of rotatable bonds is 7. The smallest absolute Gasteiger partial charge is 0.143 e. The highest BCUT2D eigenvalue weighted by Gasteiger charge is 2.22. The van der Waals surface area contributed by atoms with E-state index in [9.17, 15) is 4.79 Å². The average Bonchev–Trinajstić information content (AvgIpc) is 3.23. The molecule has 5 rings (SSSR count). The number of carbonyl (C=O) groups excluding carboxylic acids is 1. The number of Topliss-reactive ketones (excluding diaryl/α,β-unsaturated/α-hetero) is 1. The summed E-state index contributed by atoms with van der Waals surface area (Å²) in [5.41, 5.74) is 6.55. The molecular weight excluding hydrogens is 424 g/mol. The Morgan fingerprint density at radius 2 is 1.53 bits per heavy atom. The van der Waals surface area contributed by atoms with Gasteiger partial charge in [-0.15, -0.1) is 0 Å². The third-order valence-corrected chi connectivity index (χ3v) is 6.47. The molecule has 0 spiro atoms. The molecule has 0 radical (unpaired) electrons. The van der Waals surface area contributed by atoms with Gasteiger partial charge in [-0.05, 0) is 54.4 Å². The molecule has 174 valence electrons. The zero-order chi connectivity index (χ0) is 23.5. The number of hydrogen-bond acceptors (Lipinski definition) is 5. The zero-order valence-corrected chi connectivity index (χ0v) is 19.8. The van der Waals surface area contributed by atoms with E-state index in [4.69, 9.17) is 9.72 Å². The molecule has 0 amide bonds. The average molecular weight is 455 g/mol. The van der Waals surface area contributed by atoms with Crippen molar-refractivity contribution in [3.8, 4) is 28.1 Å². The van der Waals surface area contributed by atoms with Gasteiger partial charge in [-0.25, -0.2) is 4.98 Å². The molecule has 1 aliphatic heterocycles. The Morgan fingerprint density at radius 3 is 2.21 bits per heavy atom. The Bertz CT molecular complexity index is 1270. The minimum absolute atomic E-state index is 0.227. The third kappa shape index (κ3) is 4.74. The van der Waals surface area contributed by atoms with E-state index in [2.05, 4.69) is 68.9 Å². The van der Waals surface area contributed by atoms with Gasteiger partial charge in [0.05, 0.1) is 25.0 Å². The fourth-order valence-electron chi connectivity index (χ4n) is 4.66. The highest BCUT2D eigenvalue weighted by atomic mass is 16.5. The predicted octanol–water partition coefficient (Wildman–Crippen LogP) is 4.38. The molecule has 6 heteroatoms. The summed E-state index contributed by atoms with van der Waals surface area (Å²) in [4.78, 5) is 21.3. The van der Waals surface area contributed by atoms with Crippen LogP contribution in [0.15, 0.2) is 72.9 Å². The standard InChI is InChI=1S/C28H30N4O2/c1-21(33)18-30-14-16-31(17-15-30)20-26-28(23-8-11-25(34-2)12-9-23)29-27-13-10-24(19-32(26)27)22-6-4-3-5-7-22/h3-13,19H,14-18,20H2,1-2H3. The van der Waals surface area contributed by atoms with Gasteiger partial charge < -0.3 is 9.14 Å². The number of fused-ring (bicyclic) bond motifs is 1. The molecule has 6 nitrogen and oxygen atoms in total. The van der Waals surface area contributed by atoms with E-state index in [1.807, 2.05) is 18.2 Å². The van der Waals surface area contributed by atoms with Gasteiger partial charge >= 0.3 is 0 Å². The maximum atomic E-state index is 11.5. The number of pyridine rings is 1. The summed E-state index contributed by atoms with van der Waals surface area (Å²) >= 11 is 0. The summed E-state index contributed by atoms with van der Waals surface area (Å²) in [6.07, 6.45) is 2.20. The minimum atomic E-state index is 0.227. The van der Waals surface area contributed by atoms with Crippen LogP contribution in [-0.4, -0.2) is 64.8 Å². The molecule has 0 saturated carbocycles. The second-order valence-corrected chi connectivity index (χ2v) is 8.90. The van der Waals surface area contributed by atoms with Crippen molar-refractivity contribution in [2.45, 2.75) is 13.5 Å². The van der Waals surface area contributed by atoms with E-state index in [0.717, 1.165) is 55.4 Å². The number of ketones is 1. The van der Waals surface area contributed by atoms with Crippen molar-refractivity contribution < 1.29 is 9.53 Å². The number of methoxy groups -OCH3 is 1. The van der Waals surface area contributed by atoms with Crippen molar-refractivity contribution in [3.63, 3.8) is 0 Å². The van der Waals surface area contributed by atoms with Gasteiger partial charge in [0.2, 0.25) is 0 Å². The third-order valence-electron chi connectivity index (χ3n) is 6.47. The monoisotopic (exact) mass is 454 g/mol. The summed E-state index contributed by atoms with van der Waals surface area (Å²) < 4.78 is 7.60. The quantitative estimate of drug-likeness (QED) is 0.415. The van der Waals surface area contributed by atoms with Gasteiger partial charge in [0.1, 0.15) is 17.2 Å². The van der Waals surface area contributed by atoms with E-state index < -0.39 is 0 Å². The molecule has 3 heterocycles. The summed E-state index contributed by atoms with van der Waals surface area (Å²) in [5.74, 6) is 1.06. The first-order valence-corrected chi connectivity index (χ1v) is 11.8. The number of imidazole rings is 1. The number of ether oxygens (including phenoxy) is 1. The van der Waals surface area contributed by atoms with Crippen LogP contribution in [-0.2, 0) is 11.3 Å². The molecular formula is C28H30N4O2. The highest BCUT2D eigenvalue weighted by molar-refractivity contribution is 5.77. The van der Waals surface area contributed by atoms with E-state index in [-0.39, 0.29) is 5.78 Å². The molecule has 34 heavy (non-hydrogen) atoms. The van der Waals surface area contributed by atoms with Gasteiger partial charge in [0.15, 0.2) is 0 Å². The number of benzene rings is 2. The summed E-state index contributed by atoms with van der Waals surface area (Å²) in [5, 5.41) is 0. The number of carbonyl (C=O) groups is 1. The molecule has 0 unspecified atom stereocenters. The second kappa shape index (κ2) is 9.79. The molecule has 0 aliphatic carbocycles. The molecule has 4 aromatic rings. The normalized spacial score (nSPS) is 15.0. The lowest BCUT2D eigenvalue weighted by Gasteiger charge is -2.34. The molecule has 1 aliphatic rings. The van der Waals surface area contributed by atoms with E-state index in [1.54, 1.807) is 14.0 Å². The van der Waals surface area contributed by atoms with Crippen molar-refractivity contribution in [2.75, 3.05) is 39.8 Å². The fraction of sp³-hybridized carbons (Fsp3) is 0.286. The van der Waals surface area contributed by atoms with Crippen LogP contribution in [0.3, 0.4) is 0 Å².